The molecule has 0 aliphatic carbocycles. The third-order valence-corrected chi connectivity index (χ3v) is 7.19. The summed E-state index contributed by atoms with van der Waals surface area (Å²) in [4.78, 5) is 23.6. The Hall–Kier alpha value is -1.85. The summed E-state index contributed by atoms with van der Waals surface area (Å²) in [5.41, 5.74) is 3.31. The standard InChI is InChI=1S/C26H40N4O/c1-19(2)18-28-9-7-21(8-10-28)15-23-17-27-25-16-22(5-6-24(23)25)26(31)30-13-11-29(12-14-30)20(3)4/h5-6,16-17,19-21,27H,7-15,18H2,1-4H3. The van der Waals surface area contributed by atoms with Crippen LogP contribution >= 0.6 is 0 Å². The Labute approximate surface area is 187 Å². The van der Waals surface area contributed by atoms with Crippen molar-refractivity contribution in [2.75, 3.05) is 45.8 Å². The second-order valence-corrected chi connectivity index (χ2v) is 10.3. The van der Waals surface area contributed by atoms with Crippen molar-refractivity contribution in [3.63, 3.8) is 0 Å². The molecule has 0 saturated carbocycles. The number of piperidine rings is 1. The number of piperazine rings is 1. The fourth-order valence-electron chi connectivity index (χ4n) is 5.31. The minimum atomic E-state index is 0.166. The smallest absolute Gasteiger partial charge is 0.254 e. The van der Waals surface area contributed by atoms with Crippen LogP contribution in [-0.4, -0.2) is 77.4 Å². The lowest BCUT2D eigenvalue weighted by Crippen LogP contribution is -2.50. The summed E-state index contributed by atoms with van der Waals surface area (Å²) in [5, 5.41) is 1.28. The van der Waals surface area contributed by atoms with Gasteiger partial charge < -0.3 is 14.8 Å². The van der Waals surface area contributed by atoms with Gasteiger partial charge in [0.1, 0.15) is 0 Å². The fourth-order valence-corrected chi connectivity index (χ4v) is 5.31. The van der Waals surface area contributed by atoms with Gasteiger partial charge in [-0.2, -0.15) is 0 Å². The molecule has 2 aliphatic heterocycles. The Balaban J connectivity index is 1.37. The maximum Gasteiger partial charge on any atom is 0.254 e. The summed E-state index contributed by atoms with van der Waals surface area (Å²) in [6.45, 7) is 16.3. The van der Waals surface area contributed by atoms with E-state index in [1.165, 1.54) is 43.4 Å². The maximum absolute atomic E-state index is 13.0. The van der Waals surface area contributed by atoms with Crippen LogP contribution in [-0.2, 0) is 6.42 Å². The van der Waals surface area contributed by atoms with E-state index in [-0.39, 0.29) is 5.91 Å². The SMILES string of the molecule is CC(C)CN1CCC(Cc2c[nH]c3cc(C(=O)N4CCN(C(C)C)CC4)ccc23)CC1. The van der Waals surface area contributed by atoms with E-state index in [0.29, 0.717) is 6.04 Å². The lowest BCUT2D eigenvalue weighted by Gasteiger charge is -2.37. The Morgan fingerprint density at radius 2 is 1.74 bits per heavy atom. The highest BCUT2D eigenvalue weighted by atomic mass is 16.2. The molecule has 1 aromatic heterocycles. The van der Waals surface area contributed by atoms with Crippen LogP contribution in [0.5, 0.6) is 0 Å². The molecule has 0 radical (unpaired) electrons. The van der Waals surface area contributed by atoms with Gasteiger partial charge in [0.2, 0.25) is 0 Å². The van der Waals surface area contributed by atoms with Gasteiger partial charge in [0, 0.05) is 61.4 Å². The number of carbonyl (C=O) groups is 1. The average molecular weight is 425 g/mol. The maximum atomic E-state index is 13.0. The summed E-state index contributed by atoms with van der Waals surface area (Å²) < 4.78 is 0. The quantitative estimate of drug-likeness (QED) is 0.754. The van der Waals surface area contributed by atoms with Crippen molar-refractivity contribution in [1.82, 2.24) is 19.7 Å². The number of fused-ring (bicyclic) bond motifs is 1. The molecule has 0 atom stereocenters. The van der Waals surface area contributed by atoms with Gasteiger partial charge in [-0.3, -0.25) is 9.69 Å². The zero-order chi connectivity index (χ0) is 22.0. The van der Waals surface area contributed by atoms with Crippen LogP contribution in [0.3, 0.4) is 0 Å². The minimum Gasteiger partial charge on any atom is -0.361 e. The van der Waals surface area contributed by atoms with Crippen LogP contribution in [0.4, 0.5) is 0 Å². The van der Waals surface area contributed by atoms with Crippen LogP contribution in [0, 0.1) is 11.8 Å². The number of hydrogen-bond donors (Lipinski definition) is 1. The largest absolute Gasteiger partial charge is 0.361 e. The number of amides is 1. The van der Waals surface area contributed by atoms with E-state index in [0.717, 1.165) is 55.5 Å². The molecular weight excluding hydrogens is 384 g/mol. The lowest BCUT2D eigenvalue weighted by molar-refractivity contribution is 0.0595. The van der Waals surface area contributed by atoms with E-state index in [4.69, 9.17) is 0 Å². The van der Waals surface area contributed by atoms with Gasteiger partial charge in [-0.25, -0.2) is 0 Å². The van der Waals surface area contributed by atoms with Gasteiger partial charge >= 0.3 is 0 Å². The first-order valence-corrected chi connectivity index (χ1v) is 12.3. The van der Waals surface area contributed by atoms with Gasteiger partial charge in [-0.15, -0.1) is 0 Å². The molecule has 2 saturated heterocycles. The molecular formula is C26H40N4O. The molecule has 31 heavy (non-hydrogen) atoms. The molecule has 5 heteroatoms. The zero-order valence-electron chi connectivity index (χ0n) is 19.9. The van der Waals surface area contributed by atoms with Gasteiger partial charge in [-0.1, -0.05) is 19.9 Å². The molecule has 0 bridgehead atoms. The highest BCUT2D eigenvalue weighted by Gasteiger charge is 2.24. The summed E-state index contributed by atoms with van der Waals surface area (Å²) >= 11 is 0. The molecule has 0 unspecified atom stereocenters. The first-order valence-electron chi connectivity index (χ1n) is 12.3. The Morgan fingerprint density at radius 1 is 1.03 bits per heavy atom. The van der Waals surface area contributed by atoms with Crippen LogP contribution in [0.25, 0.3) is 10.9 Å². The predicted molar refractivity (Wildman–Crippen MR) is 129 cm³/mol. The molecule has 2 aromatic rings. The van der Waals surface area contributed by atoms with Crippen molar-refractivity contribution in [2.24, 2.45) is 11.8 Å². The van der Waals surface area contributed by atoms with Crippen LogP contribution in [0.15, 0.2) is 24.4 Å². The van der Waals surface area contributed by atoms with Gasteiger partial charge in [0.25, 0.3) is 5.91 Å². The Kier molecular flexibility index (Phi) is 7.02. The van der Waals surface area contributed by atoms with Crippen molar-refractivity contribution < 1.29 is 4.79 Å². The van der Waals surface area contributed by atoms with Crippen LogP contribution in [0.2, 0.25) is 0 Å². The average Bonchev–Trinajstić information content (AvgIpc) is 3.16. The highest BCUT2D eigenvalue weighted by molar-refractivity contribution is 5.98. The van der Waals surface area contributed by atoms with E-state index in [1.54, 1.807) is 0 Å². The molecule has 2 fully saturated rings. The number of likely N-dealkylation sites (tertiary alicyclic amines) is 1. The van der Waals surface area contributed by atoms with Crippen molar-refractivity contribution in [1.29, 1.82) is 0 Å². The normalized spacial score (nSPS) is 19.7. The third kappa shape index (κ3) is 5.32. The van der Waals surface area contributed by atoms with E-state index < -0.39 is 0 Å². The molecule has 4 rings (SSSR count). The number of rotatable bonds is 6. The zero-order valence-corrected chi connectivity index (χ0v) is 19.9. The molecule has 0 spiro atoms. The van der Waals surface area contributed by atoms with E-state index in [9.17, 15) is 4.79 Å². The summed E-state index contributed by atoms with van der Waals surface area (Å²) in [6, 6.07) is 6.80. The van der Waals surface area contributed by atoms with E-state index in [2.05, 4.69) is 60.8 Å². The van der Waals surface area contributed by atoms with Crippen molar-refractivity contribution in [3.05, 3.63) is 35.5 Å². The molecule has 3 heterocycles. The Morgan fingerprint density at radius 3 is 2.39 bits per heavy atom. The number of nitrogens with zero attached hydrogens (tertiary/aromatic N) is 3. The summed E-state index contributed by atoms with van der Waals surface area (Å²) in [7, 11) is 0. The van der Waals surface area contributed by atoms with Crippen molar-refractivity contribution >= 4 is 16.8 Å². The van der Waals surface area contributed by atoms with Gasteiger partial charge in [0.05, 0.1) is 0 Å². The predicted octanol–water partition coefficient (Wildman–Crippen LogP) is 4.24. The first-order chi connectivity index (χ1) is 14.9. The molecule has 1 N–H and O–H groups in total. The Bertz CT molecular complexity index is 871. The topological polar surface area (TPSA) is 42.6 Å². The van der Waals surface area contributed by atoms with Crippen molar-refractivity contribution in [2.45, 2.75) is 53.0 Å². The molecule has 1 aromatic carbocycles. The summed E-state index contributed by atoms with van der Waals surface area (Å²) in [6.07, 6.45) is 5.89. The second kappa shape index (κ2) is 9.74. The van der Waals surface area contributed by atoms with Gasteiger partial charge in [0.15, 0.2) is 0 Å². The fraction of sp³-hybridized carbons (Fsp3) is 0.654. The summed E-state index contributed by atoms with van der Waals surface area (Å²) in [5.74, 6) is 1.68. The molecule has 5 nitrogen and oxygen atoms in total. The lowest BCUT2D eigenvalue weighted by atomic mass is 9.89. The van der Waals surface area contributed by atoms with Crippen molar-refractivity contribution in [3.8, 4) is 0 Å². The second-order valence-electron chi connectivity index (χ2n) is 10.3. The molecule has 1 amide bonds. The minimum absolute atomic E-state index is 0.166. The molecule has 2 aliphatic rings. The number of carbonyl (C=O) groups excluding carboxylic acids is 1. The number of nitrogens with one attached hydrogen (secondary N) is 1. The number of hydrogen-bond acceptors (Lipinski definition) is 3. The van der Waals surface area contributed by atoms with Gasteiger partial charge in [-0.05, 0) is 75.7 Å². The molecule has 170 valence electrons. The van der Waals surface area contributed by atoms with E-state index >= 15 is 0 Å². The van der Waals surface area contributed by atoms with E-state index in [1.807, 2.05) is 11.0 Å². The van der Waals surface area contributed by atoms with Crippen LogP contribution < -0.4 is 0 Å². The first kappa shape index (κ1) is 22.3. The monoisotopic (exact) mass is 424 g/mol. The number of H-pyrrole nitrogens is 1. The number of aromatic amines is 1. The highest BCUT2D eigenvalue weighted by Crippen LogP contribution is 2.27. The van der Waals surface area contributed by atoms with Crippen LogP contribution in [0.1, 0.15) is 56.5 Å². The number of aromatic nitrogens is 1. The third-order valence-electron chi connectivity index (χ3n) is 7.19. The number of benzene rings is 1.